The second-order valence-corrected chi connectivity index (χ2v) is 6.97. The minimum atomic E-state index is 0. The summed E-state index contributed by atoms with van der Waals surface area (Å²) in [5, 5.41) is 7.68. The Kier molecular flexibility index (Phi) is 5.16. The average molecular weight is 361 g/mol. The number of amides is 1. The number of aromatic nitrogens is 2. The van der Waals surface area contributed by atoms with Crippen LogP contribution in [0.2, 0.25) is 0 Å². The molecule has 0 radical (unpaired) electrons. The fourth-order valence-corrected chi connectivity index (χ4v) is 4.21. The first kappa shape index (κ1) is 18.0. The second-order valence-electron chi connectivity index (χ2n) is 6.97. The first-order valence-corrected chi connectivity index (χ1v) is 8.72. The summed E-state index contributed by atoms with van der Waals surface area (Å²) in [6.45, 7) is 4.56. The molecule has 5 nitrogen and oxygen atoms in total. The third-order valence-electron chi connectivity index (χ3n) is 5.56. The summed E-state index contributed by atoms with van der Waals surface area (Å²) in [5.41, 5.74) is 3.83. The summed E-state index contributed by atoms with van der Waals surface area (Å²) < 4.78 is 1.81. The zero-order valence-corrected chi connectivity index (χ0v) is 15.5. The number of aryl methyl sites for hydroxylation is 1. The zero-order chi connectivity index (χ0) is 16.7. The van der Waals surface area contributed by atoms with E-state index in [1.807, 2.05) is 24.1 Å². The number of benzene rings is 1. The van der Waals surface area contributed by atoms with Crippen LogP contribution >= 0.6 is 12.4 Å². The van der Waals surface area contributed by atoms with E-state index in [1.54, 1.807) is 0 Å². The number of rotatable bonds is 2. The van der Waals surface area contributed by atoms with Crippen LogP contribution in [0.5, 0.6) is 0 Å². The van der Waals surface area contributed by atoms with Crippen LogP contribution in [-0.2, 0) is 18.3 Å². The predicted octanol–water partition coefficient (Wildman–Crippen LogP) is 2.29. The highest BCUT2D eigenvalue weighted by Crippen LogP contribution is 2.34. The lowest BCUT2D eigenvalue weighted by molar-refractivity contribution is -0.138. The summed E-state index contributed by atoms with van der Waals surface area (Å²) in [6, 6.07) is 8.65. The summed E-state index contributed by atoms with van der Waals surface area (Å²) >= 11 is 0. The Morgan fingerprint density at radius 2 is 2.08 bits per heavy atom. The van der Waals surface area contributed by atoms with Crippen LogP contribution in [0.1, 0.15) is 35.6 Å². The van der Waals surface area contributed by atoms with Gasteiger partial charge in [0.05, 0.1) is 18.2 Å². The van der Waals surface area contributed by atoms with Crippen LogP contribution in [-0.4, -0.2) is 40.2 Å². The second kappa shape index (κ2) is 7.18. The van der Waals surface area contributed by atoms with E-state index in [4.69, 9.17) is 0 Å². The molecule has 0 spiro atoms. The van der Waals surface area contributed by atoms with Crippen LogP contribution in [0, 0.1) is 5.92 Å². The Morgan fingerprint density at radius 1 is 1.28 bits per heavy atom. The number of hydrogen-bond donors (Lipinski definition) is 1. The fourth-order valence-electron chi connectivity index (χ4n) is 4.21. The predicted molar refractivity (Wildman–Crippen MR) is 99.8 cm³/mol. The van der Waals surface area contributed by atoms with Gasteiger partial charge in [0.15, 0.2) is 0 Å². The lowest BCUT2D eigenvalue weighted by Gasteiger charge is -2.37. The SMILES string of the molecule is CC1c2ccccc2CCN1C(=O)[C@H]1CNC[C@@H]1c1cnn(C)c1.Cl. The first-order valence-electron chi connectivity index (χ1n) is 8.72. The molecule has 134 valence electrons. The minimum absolute atomic E-state index is 0. The van der Waals surface area contributed by atoms with Gasteiger partial charge in [-0.05, 0) is 30.0 Å². The van der Waals surface area contributed by atoms with Crippen LogP contribution in [0.4, 0.5) is 0 Å². The molecule has 1 unspecified atom stereocenters. The molecule has 2 aliphatic heterocycles. The van der Waals surface area contributed by atoms with Gasteiger partial charge in [-0.3, -0.25) is 9.48 Å². The molecule has 2 aliphatic rings. The smallest absolute Gasteiger partial charge is 0.228 e. The molecular weight excluding hydrogens is 336 g/mol. The fraction of sp³-hybridized carbons (Fsp3) is 0.474. The maximum atomic E-state index is 13.3. The van der Waals surface area contributed by atoms with Gasteiger partial charge in [0.1, 0.15) is 0 Å². The largest absolute Gasteiger partial charge is 0.335 e. The minimum Gasteiger partial charge on any atom is -0.335 e. The van der Waals surface area contributed by atoms with E-state index < -0.39 is 0 Å². The van der Waals surface area contributed by atoms with E-state index in [0.29, 0.717) is 0 Å². The normalized spacial score (nSPS) is 25.4. The lowest BCUT2D eigenvalue weighted by atomic mass is 9.87. The number of halogens is 1. The summed E-state index contributed by atoms with van der Waals surface area (Å²) in [7, 11) is 1.92. The van der Waals surface area contributed by atoms with Crippen LogP contribution < -0.4 is 5.32 Å². The molecule has 6 heteroatoms. The van der Waals surface area contributed by atoms with Gasteiger partial charge in [0, 0.05) is 38.8 Å². The van der Waals surface area contributed by atoms with Gasteiger partial charge in [-0.1, -0.05) is 24.3 Å². The van der Waals surface area contributed by atoms with Crippen LogP contribution in [0.25, 0.3) is 0 Å². The third kappa shape index (κ3) is 3.18. The van der Waals surface area contributed by atoms with Crippen molar-refractivity contribution in [2.24, 2.45) is 13.0 Å². The number of carbonyl (C=O) groups is 1. The number of carbonyl (C=O) groups excluding carboxylic acids is 1. The summed E-state index contributed by atoms with van der Waals surface area (Å²) in [5.74, 6) is 0.494. The van der Waals surface area contributed by atoms with Crippen LogP contribution in [0.3, 0.4) is 0 Å². The molecule has 2 aromatic rings. The van der Waals surface area contributed by atoms with Gasteiger partial charge in [0.25, 0.3) is 0 Å². The van der Waals surface area contributed by atoms with Crippen molar-refractivity contribution < 1.29 is 4.79 Å². The molecule has 1 saturated heterocycles. The highest BCUT2D eigenvalue weighted by Gasteiger charge is 2.39. The van der Waals surface area contributed by atoms with E-state index in [-0.39, 0.29) is 36.2 Å². The Hall–Kier alpha value is -1.85. The topological polar surface area (TPSA) is 50.2 Å². The molecule has 0 bridgehead atoms. The molecule has 4 rings (SSSR count). The van der Waals surface area contributed by atoms with Gasteiger partial charge < -0.3 is 10.2 Å². The Labute approximate surface area is 154 Å². The van der Waals surface area contributed by atoms with Crippen molar-refractivity contribution in [3.8, 4) is 0 Å². The standard InChI is InChI=1S/C19H24N4O.ClH/c1-13-16-6-4-3-5-14(16)7-8-23(13)19(24)18-11-20-10-17(18)15-9-21-22(2)12-15;/h3-6,9,12-13,17-18,20H,7-8,10-11H2,1-2H3;1H/t13?,17-,18+;/m1./s1. The lowest BCUT2D eigenvalue weighted by Crippen LogP contribution is -2.43. The van der Waals surface area contributed by atoms with Gasteiger partial charge >= 0.3 is 0 Å². The molecule has 1 fully saturated rings. The molecule has 0 saturated carbocycles. The molecule has 0 aliphatic carbocycles. The molecule has 3 atom stereocenters. The first-order chi connectivity index (χ1) is 11.6. The zero-order valence-electron chi connectivity index (χ0n) is 14.7. The van der Waals surface area contributed by atoms with E-state index in [0.717, 1.165) is 31.6 Å². The average Bonchev–Trinajstić information content (AvgIpc) is 3.23. The van der Waals surface area contributed by atoms with Gasteiger partial charge in [0.2, 0.25) is 5.91 Å². The van der Waals surface area contributed by atoms with Crippen molar-refractivity contribution >= 4 is 18.3 Å². The maximum Gasteiger partial charge on any atom is 0.228 e. The Bertz CT molecular complexity index is 759. The van der Waals surface area contributed by atoms with Gasteiger partial charge in [-0.25, -0.2) is 0 Å². The number of nitrogens with one attached hydrogen (secondary N) is 1. The maximum absolute atomic E-state index is 13.3. The summed E-state index contributed by atoms with van der Waals surface area (Å²) in [4.78, 5) is 15.3. The molecule has 1 aromatic heterocycles. The van der Waals surface area contributed by atoms with E-state index >= 15 is 0 Å². The number of hydrogen-bond acceptors (Lipinski definition) is 3. The van der Waals surface area contributed by atoms with Crippen molar-refractivity contribution in [2.45, 2.75) is 25.3 Å². The van der Waals surface area contributed by atoms with Crippen LogP contribution in [0.15, 0.2) is 36.7 Å². The van der Waals surface area contributed by atoms with E-state index in [1.165, 1.54) is 11.1 Å². The van der Waals surface area contributed by atoms with Crippen molar-refractivity contribution in [2.75, 3.05) is 19.6 Å². The molecule has 1 N–H and O–H groups in total. The Morgan fingerprint density at radius 3 is 2.84 bits per heavy atom. The molecule has 1 aromatic carbocycles. The summed E-state index contributed by atoms with van der Waals surface area (Å²) in [6.07, 6.45) is 4.88. The van der Waals surface area contributed by atoms with Crippen molar-refractivity contribution in [3.63, 3.8) is 0 Å². The number of nitrogens with zero attached hydrogens (tertiary/aromatic N) is 3. The van der Waals surface area contributed by atoms with Crippen molar-refractivity contribution in [1.82, 2.24) is 20.0 Å². The third-order valence-corrected chi connectivity index (χ3v) is 5.56. The van der Waals surface area contributed by atoms with Crippen molar-refractivity contribution in [1.29, 1.82) is 0 Å². The quantitative estimate of drug-likeness (QED) is 0.894. The Balaban J connectivity index is 0.00000182. The van der Waals surface area contributed by atoms with Gasteiger partial charge in [-0.2, -0.15) is 5.10 Å². The van der Waals surface area contributed by atoms with E-state index in [9.17, 15) is 4.79 Å². The number of fused-ring (bicyclic) bond motifs is 1. The van der Waals surface area contributed by atoms with Crippen molar-refractivity contribution in [3.05, 3.63) is 53.3 Å². The monoisotopic (exact) mass is 360 g/mol. The highest BCUT2D eigenvalue weighted by molar-refractivity contribution is 5.85. The highest BCUT2D eigenvalue weighted by atomic mass is 35.5. The molecule has 25 heavy (non-hydrogen) atoms. The molecule has 1 amide bonds. The van der Waals surface area contributed by atoms with E-state index in [2.05, 4.69) is 46.5 Å². The molecular formula is C19H25ClN4O. The van der Waals surface area contributed by atoms with Gasteiger partial charge in [-0.15, -0.1) is 12.4 Å². The molecule has 3 heterocycles.